The molecule has 1 fully saturated rings. The molecule has 1 aliphatic heterocycles. The Morgan fingerprint density at radius 1 is 1.00 bits per heavy atom. The molecule has 96 valence electrons. The molecule has 0 saturated carbocycles. The average molecular weight is 272 g/mol. The number of carbonyl (C=O) groups excluding carboxylic acids is 1. The maximum absolute atomic E-state index is 12.1. The molecular formula is C16H14ClNO. The van der Waals surface area contributed by atoms with E-state index < -0.39 is 0 Å². The highest BCUT2D eigenvalue weighted by Crippen LogP contribution is 2.43. The minimum Gasteiger partial charge on any atom is -0.304 e. The van der Waals surface area contributed by atoms with E-state index in [1.54, 1.807) is 0 Å². The number of para-hydroxylation sites is 1. The Morgan fingerprint density at radius 2 is 1.63 bits per heavy atom. The molecule has 3 rings (SSSR count). The Morgan fingerprint density at radius 3 is 2.26 bits per heavy atom. The third kappa shape index (κ3) is 2.02. The molecule has 1 heterocycles. The minimum absolute atomic E-state index is 0.0152. The van der Waals surface area contributed by atoms with Gasteiger partial charge in [-0.2, -0.15) is 0 Å². The van der Waals surface area contributed by atoms with E-state index >= 15 is 0 Å². The van der Waals surface area contributed by atoms with Crippen LogP contribution in [-0.4, -0.2) is 5.91 Å². The number of benzene rings is 2. The van der Waals surface area contributed by atoms with Crippen LogP contribution in [0.5, 0.6) is 0 Å². The molecule has 0 aliphatic carbocycles. The molecule has 2 nitrogen and oxygen atoms in total. The van der Waals surface area contributed by atoms with Gasteiger partial charge in [-0.05, 0) is 29.8 Å². The lowest BCUT2D eigenvalue weighted by molar-refractivity contribution is -0.129. The number of amides is 1. The molecule has 2 aromatic rings. The predicted octanol–water partition coefficient (Wildman–Crippen LogP) is 4.06. The number of anilines is 1. The number of hydrogen-bond acceptors (Lipinski definition) is 1. The van der Waals surface area contributed by atoms with Crippen LogP contribution in [-0.2, 0) is 4.79 Å². The van der Waals surface area contributed by atoms with Gasteiger partial charge in [-0.1, -0.05) is 48.9 Å². The van der Waals surface area contributed by atoms with Gasteiger partial charge in [0, 0.05) is 10.7 Å². The molecule has 0 aromatic heterocycles. The summed E-state index contributed by atoms with van der Waals surface area (Å²) in [6.07, 6.45) is 0. The van der Waals surface area contributed by atoms with Crippen LogP contribution in [0.1, 0.15) is 18.5 Å². The van der Waals surface area contributed by atoms with Gasteiger partial charge in [0.05, 0.1) is 12.0 Å². The van der Waals surface area contributed by atoms with Crippen molar-refractivity contribution in [3.8, 4) is 0 Å². The summed E-state index contributed by atoms with van der Waals surface area (Å²) < 4.78 is 0. The van der Waals surface area contributed by atoms with Crippen molar-refractivity contribution in [1.29, 1.82) is 0 Å². The number of rotatable bonds is 2. The van der Waals surface area contributed by atoms with Crippen molar-refractivity contribution in [3.05, 3.63) is 65.2 Å². The van der Waals surface area contributed by atoms with Crippen molar-refractivity contribution in [3.63, 3.8) is 0 Å². The zero-order valence-electron chi connectivity index (χ0n) is 10.6. The lowest BCUT2D eigenvalue weighted by Gasteiger charge is -2.46. The van der Waals surface area contributed by atoms with E-state index in [1.165, 1.54) is 0 Å². The van der Waals surface area contributed by atoms with Gasteiger partial charge < -0.3 is 4.90 Å². The van der Waals surface area contributed by atoms with E-state index in [0.717, 1.165) is 11.3 Å². The first kappa shape index (κ1) is 12.2. The van der Waals surface area contributed by atoms with E-state index in [2.05, 4.69) is 0 Å². The standard InChI is InChI=1S/C16H14ClNO/c1-11-15(12-7-9-13(17)10-8-12)18(16(11)19)14-5-3-2-4-6-14/h2-11,15H,1H3/t11-,15+/m1/s1. The van der Waals surface area contributed by atoms with Crippen molar-refractivity contribution in [2.45, 2.75) is 13.0 Å². The number of carbonyl (C=O) groups is 1. The topological polar surface area (TPSA) is 20.3 Å². The molecule has 0 unspecified atom stereocenters. The zero-order valence-corrected chi connectivity index (χ0v) is 11.3. The molecule has 1 saturated heterocycles. The summed E-state index contributed by atoms with van der Waals surface area (Å²) in [6, 6.07) is 17.6. The fraction of sp³-hybridized carbons (Fsp3) is 0.188. The Kier molecular flexibility index (Phi) is 3.03. The fourth-order valence-corrected chi connectivity index (χ4v) is 2.73. The highest BCUT2D eigenvalue weighted by atomic mass is 35.5. The van der Waals surface area contributed by atoms with Crippen molar-refractivity contribution in [1.82, 2.24) is 0 Å². The number of β-lactam (4-membered cyclic amide) rings is 1. The first-order valence-electron chi connectivity index (χ1n) is 6.32. The largest absolute Gasteiger partial charge is 0.304 e. The summed E-state index contributed by atoms with van der Waals surface area (Å²) in [5.74, 6) is 0.188. The van der Waals surface area contributed by atoms with Gasteiger partial charge in [-0.15, -0.1) is 0 Å². The van der Waals surface area contributed by atoms with Crippen LogP contribution in [0, 0.1) is 5.92 Å². The normalized spacial score (nSPS) is 22.2. The second-order valence-corrected chi connectivity index (χ2v) is 5.27. The number of halogens is 1. The van der Waals surface area contributed by atoms with Gasteiger partial charge >= 0.3 is 0 Å². The van der Waals surface area contributed by atoms with Crippen molar-refractivity contribution >= 4 is 23.2 Å². The molecule has 3 heteroatoms. The van der Waals surface area contributed by atoms with Crippen molar-refractivity contribution in [2.75, 3.05) is 4.90 Å². The van der Waals surface area contributed by atoms with Crippen LogP contribution in [0.2, 0.25) is 5.02 Å². The Balaban J connectivity index is 1.96. The summed E-state index contributed by atoms with van der Waals surface area (Å²) in [6.45, 7) is 1.97. The fourth-order valence-electron chi connectivity index (χ4n) is 2.61. The highest BCUT2D eigenvalue weighted by molar-refractivity contribution is 6.30. The minimum atomic E-state index is 0.0152. The third-order valence-corrected chi connectivity index (χ3v) is 3.88. The maximum Gasteiger partial charge on any atom is 0.232 e. The van der Waals surface area contributed by atoms with Gasteiger partial charge in [0.25, 0.3) is 0 Å². The number of nitrogens with zero attached hydrogens (tertiary/aromatic N) is 1. The Bertz CT molecular complexity index is 594. The average Bonchev–Trinajstić information content (AvgIpc) is 2.46. The highest BCUT2D eigenvalue weighted by Gasteiger charge is 2.45. The first-order valence-corrected chi connectivity index (χ1v) is 6.70. The van der Waals surface area contributed by atoms with E-state index in [1.807, 2.05) is 66.4 Å². The summed E-state index contributed by atoms with van der Waals surface area (Å²) in [7, 11) is 0. The van der Waals surface area contributed by atoms with Gasteiger partial charge in [0.15, 0.2) is 0 Å². The van der Waals surface area contributed by atoms with E-state index in [4.69, 9.17) is 11.6 Å². The smallest absolute Gasteiger partial charge is 0.232 e. The SMILES string of the molecule is C[C@H]1C(=O)N(c2ccccc2)[C@@H]1c1ccc(Cl)cc1. The van der Waals surface area contributed by atoms with Gasteiger partial charge in [0.1, 0.15) is 0 Å². The molecule has 2 atom stereocenters. The molecular weight excluding hydrogens is 258 g/mol. The van der Waals surface area contributed by atoms with Crippen LogP contribution in [0.15, 0.2) is 54.6 Å². The van der Waals surface area contributed by atoms with E-state index in [-0.39, 0.29) is 17.9 Å². The van der Waals surface area contributed by atoms with Crippen LogP contribution in [0.25, 0.3) is 0 Å². The van der Waals surface area contributed by atoms with Crippen molar-refractivity contribution < 1.29 is 4.79 Å². The van der Waals surface area contributed by atoms with Crippen LogP contribution in [0.3, 0.4) is 0 Å². The van der Waals surface area contributed by atoms with Gasteiger partial charge in [-0.3, -0.25) is 4.79 Å². The molecule has 19 heavy (non-hydrogen) atoms. The molecule has 0 bridgehead atoms. The molecule has 0 N–H and O–H groups in total. The quantitative estimate of drug-likeness (QED) is 0.754. The molecule has 0 radical (unpaired) electrons. The Hall–Kier alpha value is -1.80. The monoisotopic (exact) mass is 271 g/mol. The third-order valence-electron chi connectivity index (χ3n) is 3.62. The summed E-state index contributed by atoms with van der Waals surface area (Å²) in [5.41, 5.74) is 2.07. The number of hydrogen-bond donors (Lipinski definition) is 0. The van der Waals surface area contributed by atoms with Crippen LogP contribution < -0.4 is 4.90 Å². The molecule has 2 aromatic carbocycles. The summed E-state index contributed by atoms with van der Waals surface area (Å²) in [4.78, 5) is 14.0. The second-order valence-electron chi connectivity index (χ2n) is 4.83. The van der Waals surface area contributed by atoms with E-state index in [0.29, 0.717) is 5.02 Å². The summed E-state index contributed by atoms with van der Waals surface area (Å²) in [5, 5.41) is 0.716. The van der Waals surface area contributed by atoms with Crippen molar-refractivity contribution in [2.24, 2.45) is 5.92 Å². The first-order chi connectivity index (χ1) is 9.18. The van der Waals surface area contributed by atoms with Crippen LogP contribution in [0.4, 0.5) is 5.69 Å². The predicted molar refractivity (Wildman–Crippen MR) is 77.3 cm³/mol. The van der Waals surface area contributed by atoms with Crippen LogP contribution >= 0.6 is 11.6 Å². The molecule has 1 amide bonds. The zero-order chi connectivity index (χ0) is 13.4. The maximum atomic E-state index is 12.1. The molecule has 0 spiro atoms. The lowest BCUT2D eigenvalue weighted by atomic mass is 9.83. The lowest BCUT2D eigenvalue weighted by Crippen LogP contribution is -2.54. The van der Waals surface area contributed by atoms with E-state index in [9.17, 15) is 4.79 Å². The Labute approximate surface area is 117 Å². The molecule has 1 aliphatic rings. The van der Waals surface area contributed by atoms with Gasteiger partial charge in [-0.25, -0.2) is 0 Å². The summed E-state index contributed by atoms with van der Waals surface area (Å²) >= 11 is 5.92. The van der Waals surface area contributed by atoms with Gasteiger partial charge in [0.2, 0.25) is 5.91 Å². The second kappa shape index (κ2) is 4.71.